The molecule has 1 unspecified atom stereocenters. The molecule has 0 radical (unpaired) electrons. The molecule has 0 bridgehead atoms. The van der Waals surface area contributed by atoms with Gasteiger partial charge in [-0.05, 0) is 32.7 Å². The predicted molar refractivity (Wildman–Crippen MR) is 80.3 cm³/mol. The highest BCUT2D eigenvalue weighted by molar-refractivity contribution is 5.03. The summed E-state index contributed by atoms with van der Waals surface area (Å²) in [6.45, 7) is 9.91. The first-order valence-corrected chi connectivity index (χ1v) is 7.67. The van der Waals surface area contributed by atoms with Crippen molar-refractivity contribution in [1.29, 1.82) is 5.26 Å². The maximum absolute atomic E-state index is 9.21. The predicted octanol–water partition coefficient (Wildman–Crippen LogP) is 2.46. The zero-order valence-corrected chi connectivity index (χ0v) is 13.2. The van der Waals surface area contributed by atoms with Crippen LogP contribution in [0, 0.1) is 11.3 Å². The summed E-state index contributed by atoms with van der Waals surface area (Å²) in [5.74, 6) is 1.99. The number of hydrogen-bond acceptors (Lipinski definition) is 4. The van der Waals surface area contributed by atoms with Crippen LogP contribution in [-0.4, -0.2) is 26.8 Å². The summed E-state index contributed by atoms with van der Waals surface area (Å²) in [7, 11) is 0. The van der Waals surface area contributed by atoms with Gasteiger partial charge < -0.3 is 0 Å². The van der Waals surface area contributed by atoms with Gasteiger partial charge in [-0.15, -0.1) is 0 Å². The van der Waals surface area contributed by atoms with E-state index in [1.54, 1.807) is 0 Å². The summed E-state index contributed by atoms with van der Waals surface area (Å²) in [6, 6.07) is 2.37. The van der Waals surface area contributed by atoms with E-state index in [4.69, 9.17) is 0 Å². The molecule has 20 heavy (non-hydrogen) atoms. The lowest BCUT2D eigenvalue weighted by atomic mass is 9.96. The minimum atomic E-state index is -0.403. The molecule has 0 aliphatic rings. The van der Waals surface area contributed by atoms with Crippen molar-refractivity contribution in [2.75, 3.05) is 6.54 Å². The standard InChI is InChI=1S/C15H27N5/c1-5-13-18-14(6-2)20(19-13)11-9-8-10-15(4,12-16)17-7-3/h17H,5-11H2,1-4H3. The third-order valence-corrected chi connectivity index (χ3v) is 3.54. The lowest BCUT2D eigenvalue weighted by Gasteiger charge is -2.22. The Hall–Kier alpha value is -1.41. The lowest BCUT2D eigenvalue weighted by Crippen LogP contribution is -2.40. The highest BCUT2D eigenvalue weighted by atomic mass is 15.3. The van der Waals surface area contributed by atoms with Crippen LogP contribution in [-0.2, 0) is 19.4 Å². The zero-order chi connectivity index (χ0) is 15.0. The van der Waals surface area contributed by atoms with Gasteiger partial charge in [0.2, 0.25) is 0 Å². The van der Waals surface area contributed by atoms with Gasteiger partial charge in [-0.2, -0.15) is 10.4 Å². The van der Waals surface area contributed by atoms with Gasteiger partial charge in [-0.25, -0.2) is 9.67 Å². The number of rotatable bonds is 9. The molecule has 5 heteroatoms. The van der Waals surface area contributed by atoms with Gasteiger partial charge >= 0.3 is 0 Å². The van der Waals surface area contributed by atoms with Gasteiger partial charge in [0.1, 0.15) is 11.4 Å². The normalized spacial score (nSPS) is 13.9. The number of hydrogen-bond donors (Lipinski definition) is 1. The van der Waals surface area contributed by atoms with Gasteiger partial charge in [0.05, 0.1) is 6.07 Å². The molecule has 0 spiro atoms. The summed E-state index contributed by atoms with van der Waals surface area (Å²) in [6.07, 6.45) is 4.71. The molecule has 0 saturated heterocycles. The van der Waals surface area contributed by atoms with Crippen molar-refractivity contribution in [2.45, 2.75) is 71.9 Å². The molecule has 1 aromatic rings. The fraction of sp³-hybridized carbons (Fsp3) is 0.800. The van der Waals surface area contributed by atoms with E-state index in [0.717, 1.165) is 56.8 Å². The summed E-state index contributed by atoms with van der Waals surface area (Å²) in [5.41, 5.74) is -0.403. The molecular formula is C15H27N5. The van der Waals surface area contributed by atoms with Crippen molar-refractivity contribution in [3.63, 3.8) is 0 Å². The van der Waals surface area contributed by atoms with Crippen molar-refractivity contribution >= 4 is 0 Å². The van der Waals surface area contributed by atoms with Gasteiger partial charge in [0.15, 0.2) is 5.82 Å². The second kappa shape index (κ2) is 8.01. The number of nitriles is 1. The van der Waals surface area contributed by atoms with Crippen LogP contribution in [0.4, 0.5) is 0 Å². The molecule has 0 fully saturated rings. The second-order valence-electron chi connectivity index (χ2n) is 5.31. The van der Waals surface area contributed by atoms with E-state index in [0.29, 0.717) is 0 Å². The molecule has 1 atom stereocenters. The van der Waals surface area contributed by atoms with Gasteiger partial charge in [0, 0.05) is 19.4 Å². The molecule has 0 aromatic carbocycles. The smallest absolute Gasteiger partial charge is 0.150 e. The minimum Gasteiger partial charge on any atom is -0.300 e. The molecule has 0 aliphatic heterocycles. The largest absolute Gasteiger partial charge is 0.300 e. The highest BCUT2D eigenvalue weighted by Crippen LogP contribution is 2.13. The second-order valence-corrected chi connectivity index (χ2v) is 5.31. The van der Waals surface area contributed by atoms with Crippen LogP contribution in [0.3, 0.4) is 0 Å². The summed E-state index contributed by atoms with van der Waals surface area (Å²) in [4.78, 5) is 4.51. The van der Waals surface area contributed by atoms with E-state index >= 15 is 0 Å². The molecule has 1 rings (SSSR count). The Morgan fingerprint density at radius 1 is 1.25 bits per heavy atom. The quantitative estimate of drug-likeness (QED) is 0.704. The number of aryl methyl sites for hydroxylation is 3. The van der Waals surface area contributed by atoms with E-state index in [-0.39, 0.29) is 0 Å². The Bertz CT molecular complexity index is 446. The van der Waals surface area contributed by atoms with Crippen LogP contribution in [0.5, 0.6) is 0 Å². The van der Waals surface area contributed by atoms with Crippen LogP contribution < -0.4 is 5.32 Å². The molecule has 1 N–H and O–H groups in total. The molecule has 112 valence electrons. The number of nitrogens with zero attached hydrogens (tertiary/aromatic N) is 4. The van der Waals surface area contributed by atoms with Crippen molar-refractivity contribution in [3.05, 3.63) is 11.6 Å². The van der Waals surface area contributed by atoms with Crippen molar-refractivity contribution < 1.29 is 0 Å². The van der Waals surface area contributed by atoms with Crippen LogP contribution in [0.2, 0.25) is 0 Å². The number of unbranched alkanes of at least 4 members (excludes halogenated alkanes) is 1. The van der Waals surface area contributed by atoms with E-state index < -0.39 is 5.54 Å². The Balaban J connectivity index is 2.45. The van der Waals surface area contributed by atoms with Crippen LogP contribution in [0.15, 0.2) is 0 Å². The first-order chi connectivity index (χ1) is 9.58. The Kier molecular flexibility index (Phi) is 6.66. The molecule has 0 saturated carbocycles. The van der Waals surface area contributed by atoms with Crippen LogP contribution in [0.25, 0.3) is 0 Å². The van der Waals surface area contributed by atoms with E-state index in [1.807, 2.05) is 18.5 Å². The first-order valence-electron chi connectivity index (χ1n) is 7.67. The number of aromatic nitrogens is 3. The third-order valence-electron chi connectivity index (χ3n) is 3.54. The first kappa shape index (κ1) is 16.6. The third kappa shape index (κ3) is 4.61. The fourth-order valence-electron chi connectivity index (χ4n) is 2.33. The molecule has 0 aliphatic carbocycles. The van der Waals surface area contributed by atoms with E-state index in [1.165, 1.54) is 0 Å². The fourth-order valence-corrected chi connectivity index (χ4v) is 2.33. The van der Waals surface area contributed by atoms with E-state index in [2.05, 4.69) is 35.3 Å². The van der Waals surface area contributed by atoms with Crippen molar-refractivity contribution in [2.24, 2.45) is 0 Å². The monoisotopic (exact) mass is 277 g/mol. The average molecular weight is 277 g/mol. The van der Waals surface area contributed by atoms with Crippen molar-refractivity contribution in [3.8, 4) is 6.07 Å². The topological polar surface area (TPSA) is 66.5 Å². The van der Waals surface area contributed by atoms with Gasteiger partial charge in [-0.3, -0.25) is 5.32 Å². The summed E-state index contributed by atoms with van der Waals surface area (Å²) in [5, 5.41) is 17.0. The Morgan fingerprint density at radius 3 is 2.55 bits per heavy atom. The Morgan fingerprint density at radius 2 is 2.00 bits per heavy atom. The minimum absolute atomic E-state index is 0.403. The molecule has 1 heterocycles. The highest BCUT2D eigenvalue weighted by Gasteiger charge is 2.21. The maximum atomic E-state index is 9.21. The zero-order valence-electron chi connectivity index (χ0n) is 13.2. The number of nitrogens with one attached hydrogen (secondary N) is 1. The molecule has 1 aromatic heterocycles. The molecule has 0 amide bonds. The lowest BCUT2D eigenvalue weighted by molar-refractivity contribution is 0.399. The van der Waals surface area contributed by atoms with Crippen LogP contribution >= 0.6 is 0 Å². The van der Waals surface area contributed by atoms with Gasteiger partial charge in [-0.1, -0.05) is 20.8 Å². The summed E-state index contributed by atoms with van der Waals surface area (Å²) >= 11 is 0. The van der Waals surface area contributed by atoms with E-state index in [9.17, 15) is 5.26 Å². The molecule has 5 nitrogen and oxygen atoms in total. The van der Waals surface area contributed by atoms with Crippen molar-refractivity contribution in [1.82, 2.24) is 20.1 Å². The van der Waals surface area contributed by atoms with Gasteiger partial charge in [0.25, 0.3) is 0 Å². The molecular weight excluding hydrogens is 250 g/mol. The maximum Gasteiger partial charge on any atom is 0.150 e. The summed E-state index contributed by atoms with van der Waals surface area (Å²) < 4.78 is 2.02. The van der Waals surface area contributed by atoms with Crippen LogP contribution in [0.1, 0.15) is 58.6 Å². The Labute approximate surface area is 122 Å². The SMILES string of the molecule is CCNC(C)(C#N)CCCCn1nc(CC)nc1CC. The average Bonchev–Trinajstić information content (AvgIpc) is 2.86.